The van der Waals surface area contributed by atoms with Crippen LogP contribution in [0.25, 0.3) is 0 Å². The van der Waals surface area contributed by atoms with E-state index in [1.165, 1.54) is 0 Å². The summed E-state index contributed by atoms with van der Waals surface area (Å²) in [6.07, 6.45) is 1.50. The molecule has 0 atom stereocenters. The Morgan fingerprint density at radius 2 is 1.73 bits per heavy atom. The highest BCUT2D eigenvalue weighted by atomic mass is 32.2. The third-order valence-corrected chi connectivity index (χ3v) is 3.56. The van der Waals surface area contributed by atoms with Crippen molar-refractivity contribution in [2.75, 3.05) is 6.26 Å². The van der Waals surface area contributed by atoms with E-state index in [1.54, 1.807) is 11.8 Å². The van der Waals surface area contributed by atoms with E-state index < -0.39 is 11.5 Å². The summed E-state index contributed by atoms with van der Waals surface area (Å²) in [7, 11) is 0. The van der Waals surface area contributed by atoms with Crippen molar-refractivity contribution in [3.8, 4) is 0 Å². The summed E-state index contributed by atoms with van der Waals surface area (Å²) < 4.78 is 25.6. The molecule has 0 bridgehead atoms. The van der Waals surface area contributed by atoms with Gasteiger partial charge in [-0.15, -0.1) is 11.8 Å². The quantitative estimate of drug-likeness (QED) is 0.789. The Morgan fingerprint density at radius 1 is 1.20 bits per heavy atom. The molecular formula is C11H13F2NS. The van der Waals surface area contributed by atoms with Gasteiger partial charge in [-0.1, -0.05) is 12.1 Å². The average molecular weight is 229 g/mol. The Balaban J connectivity index is 2.17. The maximum atomic E-state index is 12.8. The van der Waals surface area contributed by atoms with E-state index in [4.69, 9.17) is 5.73 Å². The van der Waals surface area contributed by atoms with Crippen LogP contribution in [0.4, 0.5) is 8.78 Å². The number of thioether (sulfide) groups is 1. The van der Waals surface area contributed by atoms with Crippen LogP contribution < -0.4 is 5.73 Å². The van der Waals surface area contributed by atoms with Gasteiger partial charge in [-0.05, 0) is 24.0 Å². The third-order valence-electron chi connectivity index (χ3n) is 2.81. The number of halogens is 2. The van der Waals surface area contributed by atoms with Crippen molar-refractivity contribution in [1.29, 1.82) is 0 Å². The molecule has 0 heterocycles. The van der Waals surface area contributed by atoms with Crippen LogP contribution in [0.15, 0.2) is 29.2 Å². The van der Waals surface area contributed by atoms with E-state index in [9.17, 15) is 8.78 Å². The molecule has 2 rings (SSSR count). The average Bonchev–Trinajstić information content (AvgIpc) is 2.15. The lowest BCUT2D eigenvalue weighted by Gasteiger charge is -2.44. The molecule has 1 aromatic rings. The van der Waals surface area contributed by atoms with E-state index in [0.717, 1.165) is 10.5 Å². The van der Waals surface area contributed by atoms with Crippen LogP contribution in [-0.2, 0) is 5.54 Å². The first-order chi connectivity index (χ1) is 6.95. The molecule has 1 saturated carbocycles. The summed E-state index contributed by atoms with van der Waals surface area (Å²) in [5.74, 6) is -2.58. The van der Waals surface area contributed by atoms with Gasteiger partial charge in [0.2, 0.25) is 0 Å². The minimum Gasteiger partial charge on any atom is -0.321 e. The number of alkyl halides is 2. The third kappa shape index (κ3) is 2.01. The van der Waals surface area contributed by atoms with Gasteiger partial charge in [0.1, 0.15) is 0 Å². The number of rotatable bonds is 2. The van der Waals surface area contributed by atoms with Crippen molar-refractivity contribution in [3.05, 3.63) is 29.8 Å². The van der Waals surface area contributed by atoms with Gasteiger partial charge in [0.15, 0.2) is 0 Å². The van der Waals surface area contributed by atoms with Crippen molar-refractivity contribution >= 4 is 11.8 Å². The van der Waals surface area contributed by atoms with Crippen molar-refractivity contribution < 1.29 is 8.78 Å². The van der Waals surface area contributed by atoms with Gasteiger partial charge in [-0.2, -0.15) is 0 Å². The molecule has 0 aliphatic heterocycles. The molecule has 0 amide bonds. The van der Waals surface area contributed by atoms with E-state index in [-0.39, 0.29) is 12.8 Å². The summed E-state index contributed by atoms with van der Waals surface area (Å²) >= 11 is 1.62. The normalized spacial score (nSPS) is 22.1. The van der Waals surface area contributed by atoms with Crippen molar-refractivity contribution in [1.82, 2.24) is 0 Å². The van der Waals surface area contributed by atoms with Gasteiger partial charge < -0.3 is 5.73 Å². The van der Waals surface area contributed by atoms with Gasteiger partial charge in [-0.25, -0.2) is 8.78 Å². The molecule has 1 nitrogen and oxygen atoms in total. The lowest BCUT2D eigenvalue weighted by molar-refractivity contribution is -0.125. The molecule has 0 spiro atoms. The monoisotopic (exact) mass is 229 g/mol. The Hall–Kier alpha value is -0.610. The Labute approximate surface area is 92.0 Å². The molecule has 2 N–H and O–H groups in total. The van der Waals surface area contributed by atoms with Gasteiger partial charge in [0.25, 0.3) is 5.92 Å². The molecule has 1 aliphatic rings. The molecule has 0 saturated heterocycles. The van der Waals surface area contributed by atoms with E-state index >= 15 is 0 Å². The molecule has 4 heteroatoms. The number of hydrogen-bond acceptors (Lipinski definition) is 2. The fourth-order valence-corrected chi connectivity index (χ4v) is 2.41. The minimum atomic E-state index is -2.58. The van der Waals surface area contributed by atoms with Crippen LogP contribution in [0.1, 0.15) is 18.4 Å². The second-order valence-electron chi connectivity index (χ2n) is 4.09. The first-order valence-corrected chi connectivity index (χ1v) is 5.99. The summed E-state index contributed by atoms with van der Waals surface area (Å²) in [6.45, 7) is 0. The van der Waals surface area contributed by atoms with Crippen LogP contribution in [0.3, 0.4) is 0 Å². The topological polar surface area (TPSA) is 26.0 Å². The van der Waals surface area contributed by atoms with Crippen molar-refractivity contribution in [2.45, 2.75) is 29.2 Å². The zero-order valence-electron chi connectivity index (χ0n) is 8.47. The summed E-state index contributed by atoms with van der Waals surface area (Å²) in [5.41, 5.74) is 5.90. The van der Waals surface area contributed by atoms with Gasteiger partial charge in [0.05, 0.1) is 5.54 Å². The number of nitrogens with two attached hydrogens (primary N) is 1. The minimum absolute atomic E-state index is 0.237. The molecule has 0 unspecified atom stereocenters. The van der Waals surface area contributed by atoms with E-state index in [1.807, 2.05) is 30.5 Å². The highest BCUT2D eigenvalue weighted by molar-refractivity contribution is 7.98. The molecule has 15 heavy (non-hydrogen) atoms. The second kappa shape index (κ2) is 3.46. The SMILES string of the molecule is CSc1ccc(C2(N)CC(F)(F)C2)cc1. The van der Waals surface area contributed by atoms with E-state index in [2.05, 4.69) is 0 Å². The maximum Gasteiger partial charge on any atom is 0.252 e. The molecule has 1 aliphatic carbocycles. The van der Waals surface area contributed by atoms with Gasteiger partial charge in [-0.3, -0.25) is 0 Å². The molecular weight excluding hydrogens is 216 g/mol. The number of hydrogen-bond donors (Lipinski definition) is 1. The molecule has 1 aromatic carbocycles. The smallest absolute Gasteiger partial charge is 0.252 e. The van der Waals surface area contributed by atoms with Gasteiger partial charge in [0, 0.05) is 17.7 Å². The second-order valence-corrected chi connectivity index (χ2v) is 4.97. The predicted molar refractivity (Wildman–Crippen MR) is 58.3 cm³/mol. The fourth-order valence-electron chi connectivity index (χ4n) is 2.00. The van der Waals surface area contributed by atoms with Crippen LogP contribution in [-0.4, -0.2) is 12.2 Å². The lowest BCUT2D eigenvalue weighted by atomic mass is 9.70. The Bertz CT molecular complexity index is 353. The summed E-state index contributed by atoms with van der Waals surface area (Å²) in [5, 5.41) is 0. The zero-order chi connectivity index (χ0) is 11.1. The Morgan fingerprint density at radius 3 is 2.13 bits per heavy atom. The highest BCUT2D eigenvalue weighted by Crippen LogP contribution is 2.49. The molecule has 0 aromatic heterocycles. The Kier molecular flexibility index (Phi) is 2.51. The van der Waals surface area contributed by atoms with Crippen LogP contribution in [0, 0.1) is 0 Å². The summed E-state index contributed by atoms with van der Waals surface area (Å²) in [4.78, 5) is 1.12. The van der Waals surface area contributed by atoms with Gasteiger partial charge >= 0.3 is 0 Å². The standard InChI is InChI=1S/C11H13F2NS/c1-15-9-4-2-8(3-5-9)10(14)6-11(12,13)7-10/h2-5H,6-7,14H2,1H3. The van der Waals surface area contributed by atoms with Crippen molar-refractivity contribution in [2.24, 2.45) is 5.73 Å². The summed E-state index contributed by atoms with van der Waals surface area (Å²) in [6, 6.07) is 7.54. The first kappa shape index (κ1) is 10.9. The van der Waals surface area contributed by atoms with Crippen LogP contribution in [0.5, 0.6) is 0 Å². The highest BCUT2D eigenvalue weighted by Gasteiger charge is 2.55. The largest absolute Gasteiger partial charge is 0.321 e. The predicted octanol–water partition coefficient (Wildman–Crippen LogP) is 2.99. The number of benzene rings is 1. The molecule has 0 radical (unpaired) electrons. The first-order valence-electron chi connectivity index (χ1n) is 4.76. The zero-order valence-corrected chi connectivity index (χ0v) is 9.28. The van der Waals surface area contributed by atoms with Crippen molar-refractivity contribution in [3.63, 3.8) is 0 Å². The molecule has 82 valence electrons. The fraction of sp³-hybridized carbons (Fsp3) is 0.455. The maximum absolute atomic E-state index is 12.8. The van der Waals surface area contributed by atoms with Crippen LogP contribution >= 0.6 is 11.8 Å². The lowest BCUT2D eigenvalue weighted by Crippen LogP contribution is -2.55. The molecule has 1 fully saturated rings. The van der Waals surface area contributed by atoms with Crippen LogP contribution in [0.2, 0.25) is 0 Å². The van der Waals surface area contributed by atoms with E-state index in [0.29, 0.717) is 0 Å².